The van der Waals surface area contributed by atoms with Gasteiger partial charge < -0.3 is 20.3 Å². The molecule has 0 radical (unpaired) electrons. The summed E-state index contributed by atoms with van der Waals surface area (Å²) in [4.78, 5) is 31.0. The molecule has 0 saturated carbocycles. The molecule has 3 heterocycles. The molecule has 4 rings (SSSR count). The van der Waals surface area contributed by atoms with E-state index in [0.29, 0.717) is 40.5 Å². The normalized spacial score (nSPS) is 11.2. The number of benzene rings is 1. The minimum Gasteiger partial charge on any atom is -0.484 e. The number of amides is 1. The number of hydrogen-bond donors (Lipinski definition) is 2. The predicted molar refractivity (Wildman–Crippen MR) is 132 cm³/mol. The minimum absolute atomic E-state index is 0.116. The Morgan fingerprint density at radius 2 is 2.00 bits per heavy atom. The van der Waals surface area contributed by atoms with Gasteiger partial charge in [0.15, 0.2) is 11.6 Å². The van der Waals surface area contributed by atoms with E-state index in [9.17, 15) is 9.18 Å². The quantitative estimate of drug-likeness (QED) is 0.352. The lowest BCUT2D eigenvalue weighted by molar-refractivity contribution is -0.111. The van der Waals surface area contributed by atoms with Gasteiger partial charge in [0.05, 0.1) is 17.4 Å². The summed E-state index contributed by atoms with van der Waals surface area (Å²) >= 11 is 0. The molecule has 0 aliphatic carbocycles. The highest BCUT2D eigenvalue weighted by Gasteiger charge is 2.10. The third-order valence-electron chi connectivity index (χ3n) is 4.81. The summed E-state index contributed by atoms with van der Waals surface area (Å²) in [6, 6.07) is 11.7. The van der Waals surface area contributed by atoms with Gasteiger partial charge in [0.1, 0.15) is 24.6 Å². The number of carbonyl (C=O) groups excluding carboxylic acids is 1. The zero-order valence-electron chi connectivity index (χ0n) is 19.3. The molecule has 3 aromatic heterocycles. The van der Waals surface area contributed by atoms with Crippen LogP contribution in [0, 0.1) is 5.82 Å². The molecule has 1 aromatic carbocycles. The summed E-state index contributed by atoms with van der Waals surface area (Å²) in [6.45, 7) is 0.803. The van der Waals surface area contributed by atoms with Gasteiger partial charge in [-0.3, -0.25) is 9.78 Å². The fourth-order valence-electron chi connectivity index (χ4n) is 3.13. The molecule has 0 saturated heterocycles. The van der Waals surface area contributed by atoms with E-state index in [4.69, 9.17) is 4.74 Å². The molecule has 178 valence electrons. The zero-order chi connectivity index (χ0) is 24.6. The van der Waals surface area contributed by atoms with Crippen LogP contribution >= 0.6 is 0 Å². The Morgan fingerprint density at radius 1 is 1.11 bits per heavy atom. The Hall–Kier alpha value is -4.44. The summed E-state index contributed by atoms with van der Waals surface area (Å²) in [6.07, 6.45) is 7.78. The number of fused-ring (bicyclic) bond motifs is 1. The lowest BCUT2D eigenvalue weighted by Crippen LogP contribution is -2.13. The number of rotatable bonds is 9. The predicted octanol–water partition coefficient (Wildman–Crippen LogP) is 3.94. The van der Waals surface area contributed by atoms with Crippen LogP contribution in [0.4, 0.5) is 21.7 Å². The second kappa shape index (κ2) is 11.1. The Kier molecular flexibility index (Phi) is 7.53. The lowest BCUT2D eigenvalue weighted by atomic mass is 10.2. The first kappa shape index (κ1) is 23.7. The van der Waals surface area contributed by atoms with Crippen molar-refractivity contribution in [1.29, 1.82) is 0 Å². The monoisotopic (exact) mass is 473 g/mol. The van der Waals surface area contributed by atoms with Crippen molar-refractivity contribution in [2.24, 2.45) is 0 Å². The molecule has 0 aliphatic rings. The number of ether oxygens (including phenoxy) is 1. The van der Waals surface area contributed by atoms with Crippen molar-refractivity contribution in [2.75, 3.05) is 31.3 Å². The van der Waals surface area contributed by atoms with Gasteiger partial charge in [0.25, 0.3) is 0 Å². The standard InChI is InChI=1S/C25H24FN7O2/c1-33(2)11-5-7-24(34)32-23-13-19-21(14-28-23)29-16-30-25(19)31-17-8-9-22(20(26)12-17)35-15-18-6-3-4-10-27-18/h3-10,12-14,16H,11,15H2,1-2H3,(H,28,32,34)(H,29,30,31)/b7-5+. The van der Waals surface area contributed by atoms with Gasteiger partial charge >= 0.3 is 0 Å². The Balaban J connectivity index is 1.48. The lowest BCUT2D eigenvalue weighted by Gasteiger charge is -2.11. The Labute approximate surface area is 201 Å². The maximum atomic E-state index is 14.6. The summed E-state index contributed by atoms with van der Waals surface area (Å²) < 4.78 is 20.2. The van der Waals surface area contributed by atoms with Crippen molar-refractivity contribution < 1.29 is 13.9 Å². The van der Waals surface area contributed by atoms with E-state index in [-0.39, 0.29) is 18.3 Å². The summed E-state index contributed by atoms with van der Waals surface area (Å²) in [5.74, 6) is 0.0824. The minimum atomic E-state index is -0.525. The first-order chi connectivity index (χ1) is 17.0. The number of likely N-dealkylation sites (N-methyl/N-ethyl adjacent to an activating group) is 1. The topological polar surface area (TPSA) is 105 Å². The van der Waals surface area contributed by atoms with Crippen LogP contribution in [0.2, 0.25) is 0 Å². The fourth-order valence-corrected chi connectivity index (χ4v) is 3.13. The van der Waals surface area contributed by atoms with E-state index in [2.05, 4.69) is 30.6 Å². The second-order valence-corrected chi connectivity index (χ2v) is 7.84. The van der Waals surface area contributed by atoms with Crippen molar-refractivity contribution in [3.63, 3.8) is 0 Å². The van der Waals surface area contributed by atoms with Crippen LogP contribution in [0.15, 0.2) is 73.3 Å². The number of halogens is 1. The molecular weight excluding hydrogens is 449 g/mol. The second-order valence-electron chi connectivity index (χ2n) is 7.84. The molecule has 4 aromatic rings. The Morgan fingerprint density at radius 3 is 2.77 bits per heavy atom. The third kappa shape index (κ3) is 6.55. The van der Waals surface area contributed by atoms with Crippen molar-refractivity contribution in [3.8, 4) is 5.75 Å². The Bertz CT molecular complexity index is 1350. The number of nitrogens with zero attached hydrogens (tertiary/aromatic N) is 5. The zero-order valence-corrected chi connectivity index (χ0v) is 19.3. The third-order valence-corrected chi connectivity index (χ3v) is 4.81. The molecule has 0 spiro atoms. The van der Waals surface area contributed by atoms with Crippen molar-refractivity contribution in [2.45, 2.75) is 6.61 Å². The van der Waals surface area contributed by atoms with Gasteiger partial charge in [-0.1, -0.05) is 12.1 Å². The van der Waals surface area contributed by atoms with Crippen molar-refractivity contribution in [3.05, 3.63) is 84.8 Å². The van der Waals surface area contributed by atoms with E-state index in [0.717, 1.165) is 0 Å². The molecule has 35 heavy (non-hydrogen) atoms. The van der Waals surface area contributed by atoms with E-state index < -0.39 is 5.82 Å². The SMILES string of the molecule is CN(C)C/C=C/C(=O)Nc1cc2c(Nc3ccc(OCc4ccccn4)c(F)c3)ncnc2cn1. The molecule has 0 aliphatic heterocycles. The van der Waals surface area contributed by atoms with E-state index in [1.54, 1.807) is 36.5 Å². The summed E-state index contributed by atoms with van der Waals surface area (Å²) in [5, 5.41) is 6.44. The maximum Gasteiger partial charge on any atom is 0.249 e. The number of aromatic nitrogens is 4. The molecule has 0 atom stereocenters. The molecule has 10 heteroatoms. The van der Waals surface area contributed by atoms with Gasteiger partial charge in [0, 0.05) is 36.0 Å². The molecule has 1 amide bonds. The van der Waals surface area contributed by atoms with Crippen LogP contribution in [0.1, 0.15) is 5.69 Å². The van der Waals surface area contributed by atoms with Crippen LogP contribution in [0.25, 0.3) is 10.9 Å². The average molecular weight is 474 g/mol. The van der Waals surface area contributed by atoms with Crippen LogP contribution in [0.3, 0.4) is 0 Å². The van der Waals surface area contributed by atoms with E-state index in [1.807, 2.05) is 25.1 Å². The first-order valence-electron chi connectivity index (χ1n) is 10.8. The van der Waals surface area contributed by atoms with Crippen molar-refractivity contribution >= 4 is 34.1 Å². The highest BCUT2D eigenvalue weighted by molar-refractivity contribution is 6.00. The number of nitrogens with one attached hydrogen (secondary N) is 2. The van der Waals surface area contributed by atoms with Crippen LogP contribution < -0.4 is 15.4 Å². The fraction of sp³-hybridized carbons (Fsp3) is 0.160. The summed E-state index contributed by atoms with van der Waals surface area (Å²) in [7, 11) is 3.83. The van der Waals surface area contributed by atoms with Crippen LogP contribution in [0.5, 0.6) is 5.75 Å². The van der Waals surface area contributed by atoms with Gasteiger partial charge in [-0.2, -0.15) is 0 Å². The molecule has 0 fully saturated rings. The van der Waals surface area contributed by atoms with E-state index in [1.165, 1.54) is 30.7 Å². The summed E-state index contributed by atoms with van der Waals surface area (Å²) in [5.41, 5.74) is 1.74. The highest BCUT2D eigenvalue weighted by atomic mass is 19.1. The average Bonchev–Trinajstić information content (AvgIpc) is 2.84. The highest BCUT2D eigenvalue weighted by Crippen LogP contribution is 2.27. The van der Waals surface area contributed by atoms with Gasteiger partial charge in [-0.15, -0.1) is 0 Å². The molecule has 2 N–H and O–H groups in total. The van der Waals surface area contributed by atoms with Gasteiger partial charge in [-0.05, 0) is 44.4 Å². The molecular formula is C25H24FN7O2. The van der Waals surface area contributed by atoms with Crippen LogP contribution in [-0.4, -0.2) is 51.4 Å². The van der Waals surface area contributed by atoms with Gasteiger partial charge in [0.2, 0.25) is 5.91 Å². The number of hydrogen-bond acceptors (Lipinski definition) is 8. The maximum absolute atomic E-state index is 14.6. The number of anilines is 3. The smallest absolute Gasteiger partial charge is 0.249 e. The molecule has 0 unspecified atom stereocenters. The number of carbonyl (C=O) groups is 1. The molecule has 0 bridgehead atoms. The van der Waals surface area contributed by atoms with E-state index >= 15 is 0 Å². The first-order valence-corrected chi connectivity index (χ1v) is 10.8. The number of pyridine rings is 2. The largest absolute Gasteiger partial charge is 0.484 e. The molecule has 9 nitrogen and oxygen atoms in total. The van der Waals surface area contributed by atoms with Gasteiger partial charge in [-0.25, -0.2) is 19.3 Å². The van der Waals surface area contributed by atoms with Crippen LogP contribution in [-0.2, 0) is 11.4 Å². The van der Waals surface area contributed by atoms with Crippen molar-refractivity contribution in [1.82, 2.24) is 24.8 Å².